The summed E-state index contributed by atoms with van der Waals surface area (Å²) >= 11 is 7.12. The van der Waals surface area contributed by atoms with E-state index >= 15 is 0 Å². The first-order chi connectivity index (χ1) is 6.66. The van der Waals surface area contributed by atoms with Crippen LogP contribution in [0.3, 0.4) is 0 Å². The number of aryl methyl sites for hydroxylation is 1. The molecule has 0 aliphatic heterocycles. The number of thiazole rings is 1. The van der Waals surface area contributed by atoms with Gasteiger partial charge in [-0.15, -0.1) is 23.7 Å². The Kier molecular flexibility index (Phi) is 3.90. The van der Waals surface area contributed by atoms with Gasteiger partial charge in [0, 0.05) is 11.1 Å². The van der Waals surface area contributed by atoms with E-state index in [2.05, 4.69) is 4.98 Å². The molecule has 15 heavy (non-hydrogen) atoms. The fourth-order valence-electron chi connectivity index (χ4n) is 1.17. The van der Waals surface area contributed by atoms with Crippen molar-refractivity contribution >= 4 is 35.3 Å². The van der Waals surface area contributed by atoms with Gasteiger partial charge in [-0.25, -0.2) is 4.98 Å². The van der Waals surface area contributed by atoms with Crippen LogP contribution in [0, 0.1) is 12.3 Å². The van der Waals surface area contributed by atoms with Crippen molar-refractivity contribution in [3.63, 3.8) is 0 Å². The summed E-state index contributed by atoms with van der Waals surface area (Å²) in [6, 6.07) is 3.57. The monoisotopic (exact) mass is 261 g/mol. The van der Waals surface area contributed by atoms with Gasteiger partial charge in [0.05, 0.1) is 11.9 Å². The van der Waals surface area contributed by atoms with Crippen LogP contribution in [0.2, 0.25) is 5.15 Å². The number of hydrogen-bond donors (Lipinski definition) is 1. The van der Waals surface area contributed by atoms with Gasteiger partial charge in [0.2, 0.25) is 0 Å². The van der Waals surface area contributed by atoms with Crippen LogP contribution in [-0.2, 0) is 0 Å². The third kappa shape index (κ3) is 2.59. The highest BCUT2D eigenvalue weighted by molar-refractivity contribution is 7.09. The van der Waals surface area contributed by atoms with Gasteiger partial charge in [-0.3, -0.25) is 9.98 Å². The highest BCUT2D eigenvalue weighted by atomic mass is 35.5. The Morgan fingerprint density at radius 1 is 1.47 bits per heavy atom. The molecule has 80 valence electrons. The summed E-state index contributed by atoms with van der Waals surface area (Å²) < 4.78 is 1.78. The van der Waals surface area contributed by atoms with Gasteiger partial charge in [0.25, 0.3) is 0 Å². The second kappa shape index (κ2) is 4.79. The average Bonchev–Trinajstić information content (AvgIpc) is 2.47. The quantitative estimate of drug-likeness (QED) is 0.789. The molecule has 0 aliphatic rings. The number of nitrogens with one attached hydrogen (secondary N) is 1. The molecule has 0 spiro atoms. The molecule has 0 atom stereocenters. The molecule has 0 unspecified atom stereocenters. The van der Waals surface area contributed by atoms with Gasteiger partial charge in [-0.1, -0.05) is 11.6 Å². The van der Waals surface area contributed by atoms with E-state index in [4.69, 9.17) is 17.0 Å². The van der Waals surface area contributed by atoms with Crippen LogP contribution in [0.15, 0.2) is 24.5 Å². The van der Waals surface area contributed by atoms with Crippen molar-refractivity contribution in [1.29, 1.82) is 5.41 Å². The SMILES string of the molecule is Cc1cn(-c2ccc(Cl)nc2)c(=N)s1.Cl. The van der Waals surface area contributed by atoms with Crippen molar-refractivity contribution in [2.45, 2.75) is 6.92 Å². The van der Waals surface area contributed by atoms with Crippen molar-refractivity contribution in [3.8, 4) is 5.69 Å². The van der Waals surface area contributed by atoms with Crippen LogP contribution < -0.4 is 4.80 Å². The zero-order valence-electron chi connectivity index (χ0n) is 7.90. The molecule has 6 heteroatoms. The highest BCUT2D eigenvalue weighted by Crippen LogP contribution is 2.10. The predicted octanol–water partition coefficient (Wildman–Crippen LogP) is 2.80. The molecule has 1 N–H and O–H groups in total. The van der Waals surface area contributed by atoms with Crippen LogP contribution >= 0.6 is 35.3 Å². The predicted molar refractivity (Wildman–Crippen MR) is 64.3 cm³/mol. The second-order valence-electron chi connectivity index (χ2n) is 2.86. The number of rotatable bonds is 1. The summed E-state index contributed by atoms with van der Waals surface area (Å²) in [6.45, 7) is 1.97. The van der Waals surface area contributed by atoms with Gasteiger partial charge in [-0.2, -0.15) is 0 Å². The first kappa shape index (κ1) is 12.2. The molecule has 0 saturated carbocycles. The molecular formula is C9H9Cl2N3S. The van der Waals surface area contributed by atoms with Crippen LogP contribution in [0.25, 0.3) is 5.69 Å². The Labute approximate surface area is 102 Å². The third-order valence-electron chi connectivity index (χ3n) is 1.78. The lowest BCUT2D eigenvalue weighted by Gasteiger charge is -2.00. The van der Waals surface area contributed by atoms with Gasteiger partial charge in [0.15, 0.2) is 4.80 Å². The molecule has 0 bridgehead atoms. The maximum atomic E-state index is 7.70. The Morgan fingerprint density at radius 2 is 2.20 bits per heavy atom. The van der Waals surface area contributed by atoms with Crippen molar-refractivity contribution in [2.24, 2.45) is 0 Å². The highest BCUT2D eigenvalue weighted by Gasteiger charge is 2.00. The number of nitrogens with zero attached hydrogens (tertiary/aromatic N) is 2. The fourth-order valence-corrected chi connectivity index (χ4v) is 2.00. The van der Waals surface area contributed by atoms with Crippen LogP contribution in [0.4, 0.5) is 0 Å². The molecule has 0 aromatic carbocycles. The molecule has 2 heterocycles. The van der Waals surface area contributed by atoms with Crippen molar-refractivity contribution in [3.05, 3.63) is 39.4 Å². The van der Waals surface area contributed by atoms with E-state index < -0.39 is 0 Å². The molecule has 0 radical (unpaired) electrons. The van der Waals surface area contributed by atoms with Gasteiger partial charge in [0.1, 0.15) is 5.15 Å². The zero-order valence-corrected chi connectivity index (χ0v) is 10.3. The first-order valence-electron chi connectivity index (χ1n) is 4.02. The van der Waals surface area contributed by atoms with Gasteiger partial charge in [-0.05, 0) is 19.1 Å². The van der Waals surface area contributed by atoms with E-state index in [0.717, 1.165) is 10.6 Å². The second-order valence-corrected chi connectivity index (χ2v) is 4.48. The summed E-state index contributed by atoms with van der Waals surface area (Å²) in [6.07, 6.45) is 3.57. The van der Waals surface area contributed by atoms with Gasteiger partial charge >= 0.3 is 0 Å². The Morgan fingerprint density at radius 3 is 2.67 bits per heavy atom. The minimum atomic E-state index is 0. The molecule has 0 amide bonds. The molecule has 2 aromatic heterocycles. The number of halogens is 2. The summed E-state index contributed by atoms with van der Waals surface area (Å²) in [5.41, 5.74) is 0.865. The fraction of sp³-hybridized carbons (Fsp3) is 0.111. The molecule has 0 saturated heterocycles. The van der Waals surface area contributed by atoms with E-state index in [9.17, 15) is 0 Å². The first-order valence-corrected chi connectivity index (χ1v) is 5.22. The molecule has 0 fully saturated rings. The van der Waals surface area contributed by atoms with E-state index in [1.54, 1.807) is 16.8 Å². The topological polar surface area (TPSA) is 41.7 Å². The summed E-state index contributed by atoms with van der Waals surface area (Å²) in [5, 5.41) is 8.17. The summed E-state index contributed by atoms with van der Waals surface area (Å²) in [4.78, 5) is 5.57. The van der Waals surface area contributed by atoms with Crippen molar-refractivity contribution in [1.82, 2.24) is 9.55 Å². The molecule has 2 rings (SSSR count). The largest absolute Gasteiger partial charge is 0.291 e. The molecule has 2 aromatic rings. The molecular weight excluding hydrogens is 253 g/mol. The van der Waals surface area contributed by atoms with Crippen LogP contribution in [-0.4, -0.2) is 9.55 Å². The van der Waals surface area contributed by atoms with Crippen molar-refractivity contribution < 1.29 is 0 Å². The Balaban J connectivity index is 0.00000112. The van der Waals surface area contributed by atoms with Crippen LogP contribution in [0.1, 0.15) is 4.88 Å². The Bertz CT molecular complexity index is 501. The third-order valence-corrected chi connectivity index (χ3v) is 2.82. The Hall–Kier alpha value is -0.840. The lowest BCUT2D eigenvalue weighted by atomic mass is 10.4. The number of pyridine rings is 1. The minimum Gasteiger partial charge on any atom is -0.291 e. The van der Waals surface area contributed by atoms with Crippen LogP contribution in [0.5, 0.6) is 0 Å². The maximum Gasteiger partial charge on any atom is 0.186 e. The lowest BCUT2D eigenvalue weighted by molar-refractivity contribution is 0.965. The summed E-state index contributed by atoms with van der Waals surface area (Å²) in [5.74, 6) is 0. The average molecular weight is 262 g/mol. The van der Waals surface area contributed by atoms with E-state index in [-0.39, 0.29) is 12.4 Å². The maximum absolute atomic E-state index is 7.70. The van der Waals surface area contributed by atoms with Gasteiger partial charge < -0.3 is 0 Å². The van der Waals surface area contributed by atoms with Crippen molar-refractivity contribution in [2.75, 3.05) is 0 Å². The number of hydrogen-bond acceptors (Lipinski definition) is 3. The van der Waals surface area contributed by atoms with E-state index in [1.807, 2.05) is 19.2 Å². The summed E-state index contributed by atoms with van der Waals surface area (Å²) in [7, 11) is 0. The van der Waals surface area contributed by atoms with E-state index in [0.29, 0.717) is 9.95 Å². The standard InChI is InChI=1S/C9H8ClN3S.ClH/c1-6-5-13(9(11)14-6)7-2-3-8(10)12-4-7;/h2-5,11H,1H3;1H. The minimum absolute atomic E-state index is 0. The smallest absolute Gasteiger partial charge is 0.186 e. The normalized spacial score (nSPS) is 9.73. The zero-order chi connectivity index (χ0) is 10.1. The lowest BCUT2D eigenvalue weighted by Crippen LogP contribution is -2.09. The molecule has 3 nitrogen and oxygen atoms in total. The van der Waals surface area contributed by atoms with E-state index in [1.165, 1.54) is 11.3 Å². The molecule has 0 aliphatic carbocycles. The number of aromatic nitrogens is 2.